The number of nitrogens with zero attached hydrogens (tertiary/aromatic N) is 2. The van der Waals surface area contributed by atoms with Crippen molar-refractivity contribution in [1.29, 1.82) is 0 Å². The lowest BCUT2D eigenvalue weighted by Crippen LogP contribution is -2.26. The van der Waals surface area contributed by atoms with Crippen molar-refractivity contribution in [3.63, 3.8) is 0 Å². The van der Waals surface area contributed by atoms with E-state index < -0.39 is 24.2 Å². The number of aryl methyl sites for hydroxylation is 2. The molecule has 3 atom stereocenters. The zero-order valence-electron chi connectivity index (χ0n) is 13.2. The predicted molar refractivity (Wildman–Crippen MR) is 80.1 cm³/mol. The van der Waals surface area contributed by atoms with E-state index in [-0.39, 0.29) is 11.5 Å². The number of ether oxygens (including phenoxy) is 1. The number of carbonyl (C=O) groups is 1. The van der Waals surface area contributed by atoms with Crippen molar-refractivity contribution < 1.29 is 22.7 Å². The zero-order chi connectivity index (χ0) is 17.5. The van der Waals surface area contributed by atoms with Crippen LogP contribution >= 0.6 is 0 Å². The number of hydrogen-bond acceptors (Lipinski definition) is 3. The van der Waals surface area contributed by atoms with Gasteiger partial charge in [0.15, 0.2) is 0 Å². The van der Waals surface area contributed by atoms with Gasteiger partial charge in [0.2, 0.25) is 6.10 Å². The number of esters is 1. The molecule has 0 unspecified atom stereocenters. The van der Waals surface area contributed by atoms with Gasteiger partial charge in [-0.3, -0.25) is 9.48 Å². The van der Waals surface area contributed by atoms with Crippen molar-refractivity contribution in [2.24, 2.45) is 13.0 Å². The van der Waals surface area contributed by atoms with E-state index in [9.17, 15) is 18.0 Å². The Bertz CT molecular complexity index is 754. The number of hydrogen-bond donors (Lipinski definition) is 0. The molecule has 0 aliphatic heterocycles. The Morgan fingerprint density at radius 1 is 1.42 bits per heavy atom. The van der Waals surface area contributed by atoms with Gasteiger partial charge in [0.25, 0.3) is 0 Å². The van der Waals surface area contributed by atoms with Gasteiger partial charge in [0.05, 0.1) is 12.1 Å². The topological polar surface area (TPSA) is 44.1 Å². The Morgan fingerprint density at radius 2 is 2.17 bits per heavy atom. The third-order valence-electron chi connectivity index (χ3n) is 4.12. The van der Waals surface area contributed by atoms with Crippen molar-refractivity contribution in [3.8, 4) is 0 Å². The summed E-state index contributed by atoms with van der Waals surface area (Å²) in [7, 11) is 1.51. The van der Waals surface area contributed by atoms with Gasteiger partial charge in [0, 0.05) is 18.8 Å². The second-order valence-corrected chi connectivity index (χ2v) is 6.17. The summed E-state index contributed by atoms with van der Waals surface area (Å²) in [4.78, 5) is 12.2. The number of halogens is 3. The molecule has 1 fully saturated rings. The second kappa shape index (κ2) is 5.96. The Morgan fingerprint density at radius 3 is 2.75 bits per heavy atom. The molecular formula is C17H17F3N2O2. The number of benzene rings is 1. The first-order valence-corrected chi connectivity index (χ1v) is 7.58. The van der Waals surface area contributed by atoms with Crippen molar-refractivity contribution >= 4 is 5.97 Å². The van der Waals surface area contributed by atoms with E-state index in [1.165, 1.54) is 17.9 Å². The van der Waals surface area contributed by atoms with Crippen LogP contribution in [0.4, 0.5) is 13.2 Å². The molecule has 1 aromatic carbocycles. The molecule has 1 saturated carbocycles. The van der Waals surface area contributed by atoms with Crippen molar-refractivity contribution in [3.05, 3.63) is 53.3 Å². The van der Waals surface area contributed by atoms with E-state index in [4.69, 9.17) is 4.74 Å². The molecule has 1 heterocycles. The maximum Gasteiger partial charge on any atom is 0.429 e. The first-order chi connectivity index (χ1) is 11.3. The smallest absolute Gasteiger partial charge is 0.429 e. The second-order valence-electron chi connectivity index (χ2n) is 6.17. The summed E-state index contributed by atoms with van der Waals surface area (Å²) in [5.41, 5.74) is 1.84. The average molecular weight is 338 g/mol. The van der Waals surface area contributed by atoms with Gasteiger partial charge in [-0.2, -0.15) is 18.3 Å². The Kier molecular flexibility index (Phi) is 4.11. The molecule has 0 saturated heterocycles. The van der Waals surface area contributed by atoms with Crippen LogP contribution in [0.15, 0.2) is 36.7 Å². The lowest BCUT2D eigenvalue weighted by molar-refractivity contribution is -0.225. The van der Waals surface area contributed by atoms with Gasteiger partial charge < -0.3 is 4.74 Å². The molecule has 7 heteroatoms. The van der Waals surface area contributed by atoms with Gasteiger partial charge in [-0.05, 0) is 24.8 Å². The Labute approximate surface area is 137 Å². The van der Waals surface area contributed by atoms with Crippen molar-refractivity contribution in [2.75, 3.05) is 0 Å². The first-order valence-electron chi connectivity index (χ1n) is 7.58. The molecule has 0 N–H and O–H groups in total. The number of carbonyl (C=O) groups excluding carboxylic acids is 1. The molecule has 1 aromatic heterocycles. The molecule has 128 valence electrons. The van der Waals surface area contributed by atoms with Crippen LogP contribution < -0.4 is 0 Å². The third-order valence-corrected chi connectivity index (χ3v) is 4.12. The highest BCUT2D eigenvalue weighted by molar-refractivity contribution is 5.77. The molecule has 0 amide bonds. The summed E-state index contributed by atoms with van der Waals surface area (Å²) in [6, 6.07) is 7.63. The van der Waals surface area contributed by atoms with Crippen LogP contribution in [0.1, 0.15) is 35.1 Å². The van der Waals surface area contributed by atoms with Crippen molar-refractivity contribution in [2.45, 2.75) is 31.5 Å². The van der Waals surface area contributed by atoms with Crippen LogP contribution in [0.2, 0.25) is 0 Å². The minimum absolute atomic E-state index is 0.0693. The Hall–Kier alpha value is -2.31. The standard InChI is InChI=1S/C17H17F3N2O2/c1-10-4-3-5-11(6-10)13-7-14(13)16(23)24-15(17(18,19)20)12-8-21-22(2)9-12/h3-6,8-9,13-15H,7H2,1-2H3/t13-,14-,15-/m0/s1. The molecule has 2 aromatic rings. The van der Waals surface area contributed by atoms with E-state index in [1.54, 1.807) is 0 Å². The summed E-state index contributed by atoms with van der Waals surface area (Å²) >= 11 is 0. The lowest BCUT2D eigenvalue weighted by Gasteiger charge is -2.19. The predicted octanol–water partition coefficient (Wildman–Crippen LogP) is 3.68. The van der Waals surface area contributed by atoms with E-state index in [0.717, 1.165) is 17.3 Å². The summed E-state index contributed by atoms with van der Waals surface area (Å²) in [5, 5.41) is 3.72. The summed E-state index contributed by atoms with van der Waals surface area (Å²) in [6.45, 7) is 1.93. The van der Waals surface area contributed by atoms with Gasteiger partial charge in [-0.25, -0.2) is 0 Å². The lowest BCUT2D eigenvalue weighted by atomic mass is 10.1. The van der Waals surface area contributed by atoms with Crippen LogP contribution in [0.5, 0.6) is 0 Å². The number of alkyl halides is 3. The largest absolute Gasteiger partial charge is 0.447 e. The molecule has 1 aliphatic rings. The van der Waals surface area contributed by atoms with Crippen LogP contribution in [-0.4, -0.2) is 21.9 Å². The normalized spacial score (nSPS) is 21.4. The summed E-state index contributed by atoms with van der Waals surface area (Å²) < 4.78 is 45.7. The van der Waals surface area contributed by atoms with Gasteiger partial charge in [-0.15, -0.1) is 0 Å². The highest BCUT2D eigenvalue weighted by Crippen LogP contribution is 2.49. The quantitative estimate of drug-likeness (QED) is 0.799. The Balaban J connectivity index is 1.71. The van der Waals surface area contributed by atoms with Crippen LogP contribution in [-0.2, 0) is 16.6 Å². The minimum Gasteiger partial charge on any atom is -0.447 e. The molecule has 0 radical (unpaired) electrons. The van der Waals surface area contributed by atoms with Crippen LogP contribution in [0.3, 0.4) is 0 Å². The average Bonchev–Trinajstić information content (AvgIpc) is 3.19. The van der Waals surface area contributed by atoms with Gasteiger partial charge >= 0.3 is 12.1 Å². The third kappa shape index (κ3) is 3.44. The molecule has 3 rings (SSSR count). The zero-order valence-corrected chi connectivity index (χ0v) is 13.2. The van der Waals surface area contributed by atoms with Gasteiger partial charge in [-0.1, -0.05) is 29.8 Å². The molecule has 0 spiro atoms. The fourth-order valence-corrected chi connectivity index (χ4v) is 2.83. The highest BCUT2D eigenvalue weighted by atomic mass is 19.4. The van der Waals surface area contributed by atoms with Crippen LogP contribution in [0, 0.1) is 12.8 Å². The van der Waals surface area contributed by atoms with E-state index in [0.29, 0.717) is 6.42 Å². The SMILES string of the molecule is Cc1cccc([C@@H]2C[C@@H]2C(=O)O[C@@H](c2cnn(C)c2)C(F)(F)F)c1. The molecule has 0 bridgehead atoms. The number of rotatable bonds is 4. The summed E-state index contributed by atoms with van der Waals surface area (Å²) in [6.07, 6.45) is -4.17. The molecular weight excluding hydrogens is 321 g/mol. The first kappa shape index (κ1) is 16.5. The minimum atomic E-state index is -4.67. The maximum absolute atomic E-state index is 13.2. The van der Waals surface area contributed by atoms with E-state index >= 15 is 0 Å². The van der Waals surface area contributed by atoms with E-state index in [1.807, 2.05) is 31.2 Å². The fourth-order valence-electron chi connectivity index (χ4n) is 2.83. The van der Waals surface area contributed by atoms with E-state index in [2.05, 4.69) is 5.10 Å². The molecule has 1 aliphatic carbocycles. The summed E-state index contributed by atoms with van der Waals surface area (Å²) in [5.74, 6) is -1.40. The molecule has 24 heavy (non-hydrogen) atoms. The van der Waals surface area contributed by atoms with Gasteiger partial charge in [0.1, 0.15) is 0 Å². The monoisotopic (exact) mass is 338 g/mol. The fraction of sp³-hybridized carbons (Fsp3) is 0.412. The highest BCUT2D eigenvalue weighted by Gasteiger charge is 2.50. The molecule has 4 nitrogen and oxygen atoms in total. The van der Waals surface area contributed by atoms with Crippen molar-refractivity contribution in [1.82, 2.24) is 9.78 Å². The number of aromatic nitrogens is 2. The van der Waals surface area contributed by atoms with Crippen LogP contribution in [0.25, 0.3) is 0 Å². The maximum atomic E-state index is 13.2.